The minimum absolute atomic E-state index is 0.229. The van der Waals surface area contributed by atoms with Crippen molar-refractivity contribution in [3.8, 4) is 0 Å². The molecular weight excluding hydrogens is 370 g/mol. The molecule has 2 fully saturated rings. The third kappa shape index (κ3) is 4.10. The molecule has 2 aliphatic rings. The number of H-pyrrole nitrogens is 1. The molecule has 1 unspecified atom stereocenters. The number of hydrogen-bond donors (Lipinski definition) is 3. The summed E-state index contributed by atoms with van der Waals surface area (Å²) in [5.41, 5.74) is 3.56. The maximum Gasteiger partial charge on any atom is 0.231 e. The van der Waals surface area contributed by atoms with Crippen molar-refractivity contribution in [1.82, 2.24) is 19.9 Å². The second-order valence-electron chi connectivity index (χ2n) is 7.28. The third-order valence-corrected chi connectivity index (χ3v) is 5.31. The average molecular weight is 395 g/mol. The molecule has 9 nitrogen and oxygen atoms in total. The van der Waals surface area contributed by atoms with E-state index in [1.165, 1.54) is 5.69 Å². The summed E-state index contributed by atoms with van der Waals surface area (Å²) in [4.78, 5) is 18.9. The SMILES string of the molecule is c1nc2nc(Nc3ccc(N4CCOCC4)cc3)nc(NCC3CCCO3)c2[nH]1. The average Bonchev–Trinajstić information content (AvgIpc) is 3.45. The van der Waals surface area contributed by atoms with Crippen LogP contribution in [-0.2, 0) is 9.47 Å². The highest BCUT2D eigenvalue weighted by Gasteiger charge is 2.17. The van der Waals surface area contributed by atoms with E-state index in [9.17, 15) is 0 Å². The summed E-state index contributed by atoms with van der Waals surface area (Å²) in [7, 11) is 0. The van der Waals surface area contributed by atoms with Gasteiger partial charge in [-0.1, -0.05) is 0 Å². The van der Waals surface area contributed by atoms with Gasteiger partial charge in [0.1, 0.15) is 5.52 Å². The zero-order chi connectivity index (χ0) is 19.5. The van der Waals surface area contributed by atoms with Gasteiger partial charge in [0.15, 0.2) is 11.5 Å². The van der Waals surface area contributed by atoms with Crippen LogP contribution in [0.15, 0.2) is 30.6 Å². The number of anilines is 4. The largest absolute Gasteiger partial charge is 0.378 e. The molecule has 0 radical (unpaired) electrons. The Morgan fingerprint density at radius 3 is 2.76 bits per heavy atom. The van der Waals surface area contributed by atoms with Crippen LogP contribution in [0.4, 0.5) is 23.1 Å². The van der Waals surface area contributed by atoms with Gasteiger partial charge in [0, 0.05) is 37.6 Å². The van der Waals surface area contributed by atoms with Crippen molar-refractivity contribution in [2.24, 2.45) is 0 Å². The summed E-state index contributed by atoms with van der Waals surface area (Å²) in [5.74, 6) is 1.24. The molecule has 2 aliphatic heterocycles. The van der Waals surface area contributed by atoms with Crippen LogP contribution in [0.25, 0.3) is 11.2 Å². The fraction of sp³-hybridized carbons (Fsp3) is 0.450. The molecule has 2 saturated heterocycles. The van der Waals surface area contributed by atoms with E-state index in [4.69, 9.17) is 9.47 Å². The van der Waals surface area contributed by atoms with Crippen LogP contribution < -0.4 is 15.5 Å². The van der Waals surface area contributed by atoms with E-state index < -0.39 is 0 Å². The van der Waals surface area contributed by atoms with Gasteiger partial charge in [0.2, 0.25) is 5.95 Å². The fourth-order valence-electron chi connectivity index (χ4n) is 3.74. The molecule has 152 valence electrons. The van der Waals surface area contributed by atoms with Crippen LogP contribution >= 0.6 is 0 Å². The number of ether oxygens (including phenoxy) is 2. The smallest absolute Gasteiger partial charge is 0.231 e. The van der Waals surface area contributed by atoms with Gasteiger partial charge < -0.3 is 30.0 Å². The molecule has 0 amide bonds. The Hall–Kier alpha value is -2.91. The Morgan fingerprint density at radius 1 is 1.10 bits per heavy atom. The minimum atomic E-state index is 0.229. The van der Waals surface area contributed by atoms with Gasteiger partial charge in [0.05, 0.1) is 25.6 Å². The molecular formula is C20H25N7O2. The standard InChI is InChI=1S/C20H25N7O2/c1-2-16(29-9-1)12-21-18-17-19(23-13-22-17)26-20(25-18)24-14-3-5-15(6-4-14)27-7-10-28-11-8-27/h3-6,13,16H,1-2,7-12H2,(H3,21,22,23,24,25,26). The number of nitrogens with zero attached hydrogens (tertiary/aromatic N) is 4. The van der Waals surface area contributed by atoms with Crippen LogP contribution in [0.1, 0.15) is 12.8 Å². The first-order valence-corrected chi connectivity index (χ1v) is 10.1. The molecule has 1 atom stereocenters. The maximum absolute atomic E-state index is 5.70. The number of rotatable bonds is 6. The summed E-state index contributed by atoms with van der Waals surface area (Å²) in [5, 5.41) is 6.68. The first-order valence-electron chi connectivity index (χ1n) is 10.1. The van der Waals surface area contributed by atoms with Gasteiger partial charge in [-0.05, 0) is 37.1 Å². The van der Waals surface area contributed by atoms with Gasteiger partial charge in [-0.3, -0.25) is 0 Å². The predicted octanol–water partition coefficient (Wildman–Crippen LogP) is 2.52. The van der Waals surface area contributed by atoms with Crippen molar-refractivity contribution in [3.05, 3.63) is 30.6 Å². The Bertz CT molecular complexity index is 947. The lowest BCUT2D eigenvalue weighted by molar-refractivity contribution is 0.120. The molecule has 5 rings (SSSR count). The highest BCUT2D eigenvalue weighted by Crippen LogP contribution is 2.24. The lowest BCUT2D eigenvalue weighted by atomic mass is 10.2. The number of aromatic nitrogens is 4. The summed E-state index contributed by atoms with van der Waals surface area (Å²) in [6, 6.07) is 8.30. The summed E-state index contributed by atoms with van der Waals surface area (Å²) in [6.07, 6.45) is 4.05. The summed E-state index contributed by atoms with van der Waals surface area (Å²) in [6.45, 7) is 4.96. The Labute approximate surface area is 168 Å². The highest BCUT2D eigenvalue weighted by atomic mass is 16.5. The van der Waals surface area contributed by atoms with Crippen LogP contribution in [0.3, 0.4) is 0 Å². The molecule has 0 aliphatic carbocycles. The van der Waals surface area contributed by atoms with Crippen LogP contribution in [0.2, 0.25) is 0 Å². The molecule has 2 aromatic heterocycles. The van der Waals surface area contributed by atoms with E-state index in [0.29, 0.717) is 11.6 Å². The molecule has 3 aromatic rings. The van der Waals surface area contributed by atoms with Gasteiger partial charge in [0.25, 0.3) is 0 Å². The second-order valence-corrected chi connectivity index (χ2v) is 7.28. The van der Waals surface area contributed by atoms with Crippen molar-refractivity contribution in [1.29, 1.82) is 0 Å². The number of benzene rings is 1. The van der Waals surface area contributed by atoms with E-state index in [1.807, 2.05) is 12.1 Å². The molecule has 9 heteroatoms. The number of morpholine rings is 1. The van der Waals surface area contributed by atoms with Gasteiger partial charge in [-0.2, -0.15) is 9.97 Å². The Balaban J connectivity index is 1.31. The fourth-order valence-corrected chi connectivity index (χ4v) is 3.74. The maximum atomic E-state index is 5.70. The number of hydrogen-bond acceptors (Lipinski definition) is 8. The number of aromatic amines is 1. The zero-order valence-electron chi connectivity index (χ0n) is 16.2. The first-order chi connectivity index (χ1) is 14.3. The van der Waals surface area contributed by atoms with Crippen molar-refractivity contribution in [2.75, 3.05) is 55.0 Å². The summed E-state index contributed by atoms with van der Waals surface area (Å²) >= 11 is 0. The lowest BCUT2D eigenvalue weighted by Gasteiger charge is -2.28. The van der Waals surface area contributed by atoms with Crippen molar-refractivity contribution < 1.29 is 9.47 Å². The predicted molar refractivity (Wildman–Crippen MR) is 112 cm³/mol. The molecule has 3 N–H and O–H groups in total. The number of nitrogens with one attached hydrogen (secondary N) is 3. The number of fused-ring (bicyclic) bond motifs is 1. The molecule has 29 heavy (non-hydrogen) atoms. The Kier molecular flexibility index (Phi) is 5.14. The zero-order valence-corrected chi connectivity index (χ0v) is 16.2. The van der Waals surface area contributed by atoms with Crippen LogP contribution in [0.5, 0.6) is 0 Å². The molecule has 0 saturated carbocycles. The molecule has 0 bridgehead atoms. The summed E-state index contributed by atoms with van der Waals surface area (Å²) < 4.78 is 11.1. The van der Waals surface area contributed by atoms with E-state index in [2.05, 4.69) is 47.6 Å². The van der Waals surface area contributed by atoms with E-state index in [0.717, 1.165) is 69.3 Å². The van der Waals surface area contributed by atoms with Gasteiger partial charge in [-0.15, -0.1) is 0 Å². The van der Waals surface area contributed by atoms with Gasteiger partial charge in [-0.25, -0.2) is 4.98 Å². The molecule has 0 spiro atoms. The normalized spacial score (nSPS) is 19.6. The van der Waals surface area contributed by atoms with Gasteiger partial charge >= 0.3 is 0 Å². The van der Waals surface area contributed by atoms with Crippen LogP contribution in [-0.4, -0.2) is 65.5 Å². The quantitative estimate of drug-likeness (QED) is 0.585. The molecule has 4 heterocycles. The lowest BCUT2D eigenvalue weighted by Crippen LogP contribution is -2.36. The molecule has 1 aromatic carbocycles. The van der Waals surface area contributed by atoms with E-state index in [-0.39, 0.29) is 6.10 Å². The topological polar surface area (TPSA) is 100 Å². The van der Waals surface area contributed by atoms with E-state index in [1.54, 1.807) is 6.33 Å². The van der Waals surface area contributed by atoms with Crippen LogP contribution in [0, 0.1) is 0 Å². The Morgan fingerprint density at radius 2 is 1.97 bits per heavy atom. The van der Waals surface area contributed by atoms with Crippen molar-refractivity contribution in [2.45, 2.75) is 18.9 Å². The highest BCUT2D eigenvalue weighted by molar-refractivity contribution is 5.84. The van der Waals surface area contributed by atoms with E-state index >= 15 is 0 Å². The minimum Gasteiger partial charge on any atom is -0.378 e. The first kappa shape index (κ1) is 18.1. The monoisotopic (exact) mass is 395 g/mol. The number of imidazole rings is 1. The van der Waals surface area contributed by atoms with Crippen molar-refractivity contribution in [3.63, 3.8) is 0 Å². The second kappa shape index (κ2) is 8.22. The van der Waals surface area contributed by atoms with Crippen molar-refractivity contribution >= 4 is 34.3 Å². The third-order valence-electron chi connectivity index (χ3n) is 5.31.